The molecule has 0 saturated carbocycles. The molecule has 0 fully saturated rings. The number of rotatable bonds is 3. The molecule has 5 heteroatoms. The summed E-state index contributed by atoms with van der Waals surface area (Å²) < 4.78 is 5.09. The van der Waals surface area contributed by atoms with Crippen LogP contribution in [-0.2, 0) is 5.75 Å². The van der Waals surface area contributed by atoms with Gasteiger partial charge in [-0.2, -0.15) is 0 Å². The summed E-state index contributed by atoms with van der Waals surface area (Å²) in [5.41, 5.74) is 5.86. The Kier molecular flexibility index (Phi) is 3.39. The zero-order valence-electron chi connectivity index (χ0n) is 8.92. The predicted octanol–water partition coefficient (Wildman–Crippen LogP) is 2.22. The van der Waals surface area contributed by atoms with E-state index in [-0.39, 0.29) is 5.75 Å². The summed E-state index contributed by atoms with van der Waals surface area (Å²) in [6.07, 6.45) is 1.06. The van der Waals surface area contributed by atoms with Gasteiger partial charge >= 0.3 is 0 Å². The van der Waals surface area contributed by atoms with Gasteiger partial charge in [-0.05, 0) is 24.3 Å². The molecular formula is C12H11NO3S. The van der Waals surface area contributed by atoms with Gasteiger partial charge in [0.2, 0.25) is 5.43 Å². The van der Waals surface area contributed by atoms with Crippen molar-refractivity contribution in [2.24, 2.45) is 0 Å². The minimum absolute atomic E-state index is 0.369. The van der Waals surface area contributed by atoms with Crippen LogP contribution in [0.5, 0.6) is 5.75 Å². The van der Waals surface area contributed by atoms with Crippen LogP contribution in [0.25, 0.3) is 0 Å². The van der Waals surface area contributed by atoms with E-state index in [0.717, 1.165) is 11.2 Å². The molecule has 0 unspecified atom stereocenters. The van der Waals surface area contributed by atoms with Crippen molar-refractivity contribution < 1.29 is 9.52 Å². The Morgan fingerprint density at radius 3 is 2.65 bits per heavy atom. The second-order valence-corrected chi connectivity index (χ2v) is 4.50. The molecule has 1 aromatic heterocycles. The van der Waals surface area contributed by atoms with E-state index in [1.54, 1.807) is 0 Å². The first-order valence-corrected chi connectivity index (χ1v) is 5.93. The molecule has 0 aliphatic heterocycles. The summed E-state index contributed by atoms with van der Waals surface area (Å²) in [7, 11) is 0. The second-order valence-electron chi connectivity index (χ2n) is 3.45. The van der Waals surface area contributed by atoms with Gasteiger partial charge in [0, 0.05) is 16.6 Å². The van der Waals surface area contributed by atoms with Gasteiger partial charge in [-0.3, -0.25) is 4.79 Å². The quantitative estimate of drug-likeness (QED) is 0.644. The van der Waals surface area contributed by atoms with Crippen LogP contribution < -0.4 is 11.2 Å². The molecule has 1 aromatic carbocycles. The molecule has 0 aliphatic rings. The zero-order chi connectivity index (χ0) is 12.3. The molecule has 2 rings (SSSR count). The molecule has 1 heterocycles. The van der Waals surface area contributed by atoms with E-state index in [1.807, 2.05) is 24.3 Å². The summed E-state index contributed by atoms with van der Waals surface area (Å²) in [5.74, 6) is 0.681. The Morgan fingerprint density at radius 1 is 1.29 bits per heavy atom. The van der Waals surface area contributed by atoms with Gasteiger partial charge in [0.25, 0.3) is 0 Å². The van der Waals surface area contributed by atoms with Gasteiger partial charge in [-0.25, -0.2) is 0 Å². The first-order valence-electron chi connectivity index (χ1n) is 4.94. The molecule has 0 amide bonds. The molecular weight excluding hydrogens is 238 g/mol. The molecule has 4 nitrogen and oxygen atoms in total. The van der Waals surface area contributed by atoms with Crippen LogP contribution in [-0.4, -0.2) is 5.11 Å². The molecule has 0 radical (unpaired) electrons. The lowest BCUT2D eigenvalue weighted by molar-refractivity contribution is 0.419. The minimum Gasteiger partial charge on any atom is -0.502 e. The highest BCUT2D eigenvalue weighted by Crippen LogP contribution is 2.23. The van der Waals surface area contributed by atoms with Gasteiger partial charge in [0.05, 0.1) is 5.75 Å². The molecule has 0 spiro atoms. The highest BCUT2D eigenvalue weighted by molar-refractivity contribution is 7.98. The van der Waals surface area contributed by atoms with Gasteiger partial charge in [-0.15, -0.1) is 11.8 Å². The molecule has 0 aliphatic carbocycles. The van der Waals surface area contributed by atoms with Crippen molar-refractivity contribution in [3.63, 3.8) is 0 Å². The highest BCUT2D eigenvalue weighted by atomic mass is 32.2. The Morgan fingerprint density at radius 2 is 2.00 bits per heavy atom. The maximum atomic E-state index is 11.2. The molecule has 0 bridgehead atoms. The Balaban J connectivity index is 2.04. The highest BCUT2D eigenvalue weighted by Gasteiger charge is 2.02. The zero-order valence-corrected chi connectivity index (χ0v) is 9.74. The van der Waals surface area contributed by atoms with E-state index in [9.17, 15) is 4.79 Å². The van der Waals surface area contributed by atoms with Crippen LogP contribution in [0.15, 0.2) is 50.7 Å². The number of thioether (sulfide) groups is 1. The van der Waals surface area contributed by atoms with Crippen molar-refractivity contribution in [3.05, 3.63) is 52.6 Å². The van der Waals surface area contributed by atoms with Crippen LogP contribution in [0.4, 0.5) is 5.69 Å². The van der Waals surface area contributed by atoms with Crippen LogP contribution in [0.1, 0.15) is 5.76 Å². The molecule has 88 valence electrons. The summed E-state index contributed by atoms with van der Waals surface area (Å²) in [6, 6.07) is 8.72. The molecule has 0 saturated heterocycles. The number of nitrogen functional groups attached to an aromatic ring is 1. The van der Waals surface area contributed by atoms with Gasteiger partial charge < -0.3 is 15.3 Å². The summed E-state index contributed by atoms with van der Waals surface area (Å²) >= 11 is 1.53. The van der Waals surface area contributed by atoms with Crippen LogP contribution in [0.3, 0.4) is 0 Å². The summed E-state index contributed by atoms with van der Waals surface area (Å²) in [5, 5.41) is 9.03. The van der Waals surface area contributed by atoms with Gasteiger partial charge in [0.1, 0.15) is 12.0 Å². The standard InChI is InChI=1S/C12H11NO3S/c13-8-1-3-10(4-2-8)17-7-9-5-11(14)12(15)6-16-9/h1-6,15H,7,13H2. The Bertz CT molecular complexity index is 563. The van der Waals surface area contributed by atoms with Crippen molar-refractivity contribution in [2.75, 3.05) is 5.73 Å². The van der Waals surface area contributed by atoms with Crippen molar-refractivity contribution in [1.82, 2.24) is 0 Å². The first-order chi connectivity index (χ1) is 8.15. The van der Waals surface area contributed by atoms with Crippen LogP contribution in [0.2, 0.25) is 0 Å². The monoisotopic (exact) mass is 249 g/mol. The van der Waals surface area contributed by atoms with Crippen LogP contribution >= 0.6 is 11.8 Å². The fourth-order valence-electron chi connectivity index (χ4n) is 1.24. The molecule has 0 atom stereocenters. The third kappa shape index (κ3) is 3.04. The fourth-order valence-corrected chi connectivity index (χ4v) is 2.03. The van der Waals surface area contributed by atoms with E-state index in [1.165, 1.54) is 17.8 Å². The van der Waals surface area contributed by atoms with Crippen molar-refractivity contribution >= 4 is 17.4 Å². The van der Waals surface area contributed by atoms with E-state index < -0.39 is 5.43 Å². The molecule has 2 aromatic rings. The largest absolute Gasteiger partial charge is 0.502 e. The average Bonchev–Trinajstić information content (AvgIpc) is 2.33. The van der Waals surface area contributed by atoms with E-state index >= 15 is 0 Å². The average molecular weight is 249 g/mol. The third-order valence-electron chi connectivity index (χ3n) is 2.13. The fraction of sp³-hybridized carbons (Fsp3) is 0.0833. The normalized spacial score (nSPS) is 10.4. The lowest BCUT2D eigenvalue weighted by Crippen LogP contribution is -1.98. The maximum Gasteiger partial charge on any atom is 0.226 e. The summed E-state index contributed by atoms with van der Waals surface area (Å²) in [4.78, 5) is 12.2. The maximum absolute atomic E-state index is 11.2. The number of benzene rings is 1. The van der Waals surface area contributed by atoms with Crippen molar-refractivity contribution in [2.45, 2.75) is 10.6 Å². The van der Waals surface area contributed by atoms with E-state index in [2.05, 4.69) is 0 Å². The van der Waals surface area contributed by atoms with E-state index in [4.69, 9.17) is 15.3 Å². The predicted molar refractivity (Wildman–Crippen MR) is 67.1 cm³/mol. The van der Waals surface area contributed by atoms with Crippen LogP contribution in [0, 0.1) is 0 Å². The number of hydrogen-bond acceptors (Lipinski definition) is 5. The number of aromatic hydroxyl groups is 1. The van der Waals surface area contributed by atoms with Gasteiger partial charge in [0.15, 0.2) is 5.75 Å². The SMILES string of the molecule is Nc1ccc(SCc2cc(=O)c(O)co2)cc1. The van der Waals surface area contributed by atoms with Gasteiger partial charge in [-0.1, -0.05) is 0 Å². The second kappa shape index (κ2) is 4.97. The lowest BCUT2D eigenvalue weighted by atomic mass is 10.3. The summed E-state index contributed by atoms with van der Waals surface area (Å²) in [6.45, 7) is 0. The number of nitrogens with two attached hydrogens (primary N) is 1. The number of anilines is 1. The number of hydrogen-bond donors (Lipinski definition) is 2. The van der Waals surface area contributed by atoms with Crippen molar-refractivity contribution in [1.29, 1.82) is 0 Å². The van der Waals surface area contributed by atoms with E-state index in [0.29, 0.717) is 17.2 Å². The lowest BCUT2D eigenvalue weighted by Gasteiger charge is -2.01. The molecule has 3 N–H and O–H groups in total. The molecule has 17 heavy (non-hydrogen) atoms. The topological polar surface area (TPSA) is 76.5 Å². The smallest absolute Gasteiger partial charge is 0.226 e. The third-order valence-corrected chi connectivity index (χ3v) is 3.16. The Hall–Kier alpha value is -1.88. The minimum atomic E-state index is -0.427. The van der Waals surface area contributed by atoms with Crippen molar-refractivity contribution in [3.8, 4) is 5.75 Å². The first kappa shape index (κ1) is 11.6. The Labute approximate surface area is 102 Å².